The van der Waals surface area contributed by atoms with Gasteiger partial charge in [0, 0.05) is 79.5 Å². The highest BCUT2D eigenvalue weighted by atomic mass is 16.5. The Morgan fingerprint density at radius 3 is 2.62 bits per heavy atom. The van der Waals surface area contributed by atoms with Crippen LogP contribution in [0.2, 0.25) is 0 Å². The number of aromatic nitrogens is 1. The van der Waals surface area contributed by atoms with E-state index in [0.717, 1.165) is 95.5 Å². The molecular formula is C32H38N4O3. The lowest BCUT2D eigenvalue weighted by atomic mass is 9.71. The van der Waals surface area contributed by atoms with Crippen LogP contribution in [0.5, 0.6) is 5.75 Å². The number of aliphatic imine (C=N–C) groups is 1. The Morgan fingerprint density at radius 2 is 1.92 bits per heavy atom. The van der Waals surface area contributed by atoms with Crippen LogP contribution in [0.15, 0.2) is 35.3 Å². The van der Waals surface area contributed by atoms with Gasteiger partial charge < -0.3 is 19.4 Å². The molecule has 3 fully saturated rings. The Hall–Kier alpha value is -3.16. The molecule has 0 amide bonds. The smallest absolute Gasteiger partial charge is 0.195 e. The van der Waals surface area contributed by atoms with Gasteiger partial charge in [-0.1, -0.05) is 32.4 Å². The van der Waals surface area contributed by atoms with Gasteiger partial charge in [0.05, 0.1) is 24.5 Å². The maximum atomic E-state index is 14.2. The number of rotatable bonds is 5. The summed E-state index contributed by atoms with van der Waals surface area (Å²) >= 11 is 0. The van der Waals surface area contributed by atoms with E-state index < -0.39 is 0 Å². The lowest BCUT2D eigenvalue weighted by Crippen LogP contribution is -2.52. The number of H-pyrrole nitrogens is 1. The molecule has 1 saturated carbocycles. The normalized spacial score (nSPS) is 23.3. The van der Waals surface area contributed by atoms with Crippen LogP contribution in [0, 0.1) is 0 Å². The molecule has 1 N–H and O–H groups in total. The number of anilines is 1. The summed E-state index contributed by atoms with van der Waals surface area (Å²) in [6.45, 7) is 9.87. The second kappa shape index (κ2) is 9.49. The third-order valence-electron chi connectivity index (χ3n) is 9.40. The molecule has 2 aliphatic carbocycles. The summed E-state index contributed by atoms with van der Waals surface area (Å²) in [5.74, 6) is 0.881. The zero-order valence-electron chi connectivity index (χ0n) is 23.3. The quantitative estimate of drug-likeness (QED) is 0.478. The fourth-order valence-electron chi connectivity index (χ4n) is 6.90. The van der Waals surface area contributed by atoms with Crippen molar-refractivity contribution in [3.63, 3.8) is 0 Å². The van der Waals surface area contributed by atoms with E-state index in [9.17, 15) is 4.79 Å². The average molecular weight is 527 g/mol. The van der Waals surface area contributed by atoms with E-state index in [-0.39, 0.29) is 17.3 Å². The van der Waals surface area contributed by atoms with Crippen LogP contribution in [0.3, 0.4) is 0 Å². The standard InChI is InChI=1S/C32H38N4O3/c1-32(2)25-17-27(36-12-10-35(11-13-36)21-5-4-6-21)28(39-22-9-14-38-19-22)16-24(25)30(37)29-23-8-7-20(18-33-3)15-26(23)34-31(29)32/h7-8,15-18,21-22,34H,4-6,9-14,19H2,1-3H3/b33-18-. The van der Waals surface area contributed by atoms with E-state index in [4.69, 9.17) is 9.47 Å². The molecule has 0 radical (unpaired) electrons. The number of nitrogens with one attached hydrogen (secondary N) is 1. The number of nitrogens with zero attached hydrogens (tertiary/aromatic N) is 3. The Balaban J connectivity index is 1.31. The molecule has 204 valence electrons. The Kier molecular flexibility index (Phi) is 6.05. The first-order chi connectivity index (χ1) is 18.9. The van der Waals surface area contributed by atoms with Crippen molar-refractivity contribution in [2.75, 3.05) is 51.3 Å². The Morgan fingerprint density at radius 1 is 1.10 bits per heavy atom. The van der Waals surface area contributed by atoms with Crippen molar-refractivity contribution >= 4 is 28.6 Å². The summed E-state index contributed by atoms with van der Waals surface area (Å²) in [7, 11) is 1.77. The molecule has 39 heavy (non-hydrogen) atoms. The molecule has 1 aromatic heterocycles. The molecule has 3 heterocycles. The lowest BCUT2D eigenvalue weighted by molar-refractivity contribution is 0.103. The van der Waals surface area contributed by atoms with Crippen molar-refractivity contribution < 1.29 is 14.3 Å². The number of fused-ring (bicyclic) bond motifs is 4. The highest BCUT2D eigenvalue weighted by Crippen LogP contribution is 2.47. The van der Waals surface area contributed by atoms with E-state index in [1.807, 2.05) is 24.4 Å². The van der Waals surface area contributed by atoms with Crippen LogP contribution < -0.4 is 9.64 Å². The van der Waals surface area contributed by atoms with Gasteiger partial charge in [-0.25, -0.2) is 0 Å². The first-order valence-electron chi connectivity index (χ1n) is 14.5. The van der Waals surface area contributed by atoms with Crippen molar-refractivity contribution in [3.05, 3.63) is 58.3 Å². The minimum atomic E-state index is -0.367. The molecule has 2 saturated heterocycles. The van der Waals surface area contributed by atoms with E-state index in [1.54, 1.807) is 7.05 Å². The van der Waals surface area contributed by atoms with E-state index in [1.165, 1.54) is 19.3 Å². The lowest BCUT2D eigenvalue weighted by Gasteiger charge is -2.44. The predicted molar refractivity (Wildman–Crippen MR) is 155 cm³/mol. The van der Waals surface area contributed by atoms with Gasteiger partial charge in [0.25, 0.3) is 0 Å². The van der Waals surface area contributed by atoms with Crippen molar-refractivity contribution in [3.8, 4) is 5.75 Å². The van der Waals surface area contributed by atoms with Crippen LogP contribution in [0.1, 0.15) is 72.3 Å². The number of ether oxygens (including phenoxy) is 2. The number of benzene rings is 2. The zero-order chi connectivity index (χ0) is 26.7. The van der Waals surface area contributed by atoms with Gasteiger partial charge in [-0.3, -0.25) is 14.7 Å². The monoisotopic (exact) mass is 526 g/mol. The first-order valence-corrected chi connectivity index (χ1v) is 14.5. The minimum absolute atomic E-state index is 0.0204. The maximum absolute atomic E-state index is 14.2. The van der Waals surface area contributed by atoms with Gasteiger partial charge in [-0.05, 0) is 42.2 Å². The first kappa shape index (κ1) is 24.9. The molecule has 7 nitrogen and oxygen atoms in total. The predicted octanol–water partition coefficient (Wildman–Crippen LogP) is 4.93. The summed E-state index contributed by atoms with van der Waals surface area (Å²) in [6.07, 6.45) is 6.78. The van der Waals surface area contributed by atoms with Crippen molar-refractivity contribution in [2.24, 2.45) is 4.99 Å². The minimum Gasteiger partial charge on any atom is -0.486 e. The van der Waals surface area contributed by atoms with Gasteiger partial charge in [0.15, 0.2) is 5.78 Å². The molecule has 2 aromatic carbocycles. The molecule has 2 aliphatic heterocycles. The number of hydrogen-bond acceptors (Lipinski definition) is 6. The zero-order valence-corrected chi connectivity index (χ0v) is 23.3. The fourth-order valence-corrected chi connectivity index (χ4v) is 6.90. The Bertz CT molecular complexity index is 1450. The molecule has 0 bridgehead atoms. The number of carbonyl (C=O) groups excluding carboxylic acids is 1. The molecular weight excluding hydrogens is 488 g/mol. The van der Waals surface area contributed by atoms with E-state index >= 15 is 0 Å². The van der Waals surface area contributed by atoms with Gasteiger partial charge in [-0.2, -0.15) is 0 Å². The molecule has 4 aliphatic rings. The summed E-state index contributed by atoms with van der Waals surface area (Å²) in [5, 5.41) is 0.963. The van der Waals surface area contributed by atoms with Crippen LogP contribution >= 0.6 is 0 Å². The molecule has 1 unspecified atom stereocenters. The summed E-state index contributed by atoms with van der Waals surface area (Å²) in [5.41, 5.74) is 6.30. The number of piperazine rings is 1. The largest absolute Gasteiger partial charge is 0.486 e. The molecule has 1 atom stereocenters. The molecule has 3 aromatic rings. The molecule has 0 spiro atoms. The second-order valence-corrected chi connectivity index (χ2v) is 12.1. The fraction of sp³-hybridized carbons (Fsp3) is 0.500. The summed E-state index contributed by atoms with van der Waals surface area (Å²) in [6, 6.07) is 11.2. The van der Waals surface area contributed by atoms with Crippen molar-refractivity contribution in [1.82, 2.24) is 9.88 Å². The third-order valence-corrected chi connectivity index (χ3v) is 9.40. The van der Waals surface area contributed by atoms with Gasteiger partial charge in [0.2, 0.25) is 0 Å². The van der Waals surface area contributed by atoms with Crippen LogP contribution in [0.25, 0.3) is 10.9 Å². The number of hydrogen-bond donors (Lipinski definition) is 1. The average Bonchev–Trinajstić information content (AvgIpc) is 3.55. The van der Waals surface area contributed by atoms with E-state index in [2.05, 4.69) is 45.8 Å². The van der Waals surface area contributed by atoms with Gasteiger partial charge in [-0.15, -0.1) is 0 Å². The number of aromatic amines is 1. The third kappa shape index (κ3) is 4.09. The second-order valence-electron chi connectivity index (χ2n) is 12.1. The highest BCUT2D eigenvalue weighted by molar-refractivity contribution is 6.20. The van der Waals surface area contributed by atoms with Crippen molar-refractivity contribution in [2.45, 2.75) is 57.1 Å². The number of carbonyl (C=O) groups is 1. The summed E-state index contributed by atoms with van der Waals surface area (Å²) in [4.78, 5) is 27.1. The topological polar surface area (TPSA) is 70.2 Å². The number of ketones is 1. The maximum Gasteiger partial charge on any atom is 0.195 e. The molecule has 7 rings (SSSR count). The molecule has 7 heteroatoms. The van der Waals surface area contributed by atoms with Crippen molar-refractivity contribution in [1.29, 1.82) is 0 Å². The summed E-state index contributed by atoms with van der Waals surface area (Å²) < 4.78 is 12.2. The van der Waals surface area contributed by atoms with Gasteiger partial charge >= 0.3 is 0 Å². The SMILES string of the molecule is C/N=C\c1ccc2c3c([nH]c2c1)C(C)(C)c1cc(N2CCN(C4CCC4)CC2)c(OC2CCOC2)cc1C3=O. The van der Waals surface area contributed by atoms with Crippen LogP contribution in [0.4, 0.5) is 5.69 Å². The van der Waals surface area contributed by atoms with Crippen LogP contribution in [-0.4, -0.2) is 80.5 Å². The highest BCUT2D eigenvalue weighted by Gasteiger charge is 2.41. The Labute approximate surface area is 230 Å². The van der Waals surface area contributed by atoms with Gasteiger partial charge in [0.1, 0.15) is 11.9 Å². The van der Waals surface area contributed by atoms with E-state index in [0.29, 0.717) is 6.61 Å². The van der Waals surface area contributed by atoms with Crippen LogP contribution in [-0.2, 0) is 10.2 Å².